The highest BCUT2D eigenvalue weighted by Gasteiger charge is 2.27. The van der Waals surface area contributed by atoms with Gasteiger partial charge in [-0.25, -0.2) is 8.42 Å². The van der Waals surface area contributed by atoms with Crippen molar-refractivity contribution in [2.24, 2.45) is 0 Å². The van der Waals surface area contributed by atoms with Gasteiger partial charge in [-0.2, -0.15) is 4.31 Å². The number of aromatic amines is 1. The molecule has 108 valence electrons. The van der Waals surface area contributed by atoms with E-state index in [1.165, 1.54) is 5.56 Å². The summed E-state index contributed by atoms with van der Waals surface area (Å²) in [6.07, 6.45) is 0.738. The highest BCUT2D eigenvalue weighted by molar-refractivity contribution is 7.89. The summed E-state index contributed by atoms with van der Waals surface area (Å²) in [7, 11) is -1.48. The third kappa shape index (κ3) is 2.09. The predicted octanol–water partition coefficient (Wildman–Crippen LogP) is 1.88. The van der Waals surface area contributed by atoms with Crippen LogP contribution in [0, 0.1) is 0 Å². The lowest BCUT2D eigenvalue weighted by Crippen LogP contribution is -2.36. The summed E-state index contributed by atoms with van der Waals surface area (Å²) >= 11 is 0. The van der Waals surface area contributed by atoms with Crippen LogP contribution in [0.3, 0.4) is 0 Å². The number of hydrogen-bond acceptors (Lipinski definition) is 3. The fourth-order valence-corrected chi connectivity index (χ4v) is 3.80. The van der Waals surface area contributed by atoms with E-state index in [4.69, 9.17) is 4.74 Å². The average Bonchev–Trinajstić information content (AvgIpc) is 2.83. The Bertz CT molecular complexity index is 749. The number of aromatic nitrogens is 1. The molecule has 5 nitrogen and oxygen atoms in total. The highest BCUT2D eigenvalue weighted by atomic mass is 32.2. The predicted molar refractivity (Wildman–Crippen MR) is 78.4 cm³/mol. The van der Waals surface area contributed by atoms with Crippen molar-refractivity contribution in [3.63, 3.8) is 0 Å². The van der Waals surface area contributed by atoms with Crippen LogP contribution in [-0.2, 0) is 23.0 Å². The zero-order valence-corrected chi connectivity index (χ0v) is 12.5. The van der Waals surface area contributed by atoms with E-state index in [0.717, 1.165) is 28.8 Å². The molecule has 3 rings (SSSR count). The van der Waals surface area contributed by atoms with Crippen LogP contribution in [0.25, 0.3) is 10.9 Å². The number of nitrogens with one attached hydrogen (secondary N) is 1. The summed E-state index contributed by atoms with van der Waals surface area (Å²) in [5.74, 6) is 0.971. The maximum Gasteiger partial charge on any atom is 0.214 e. The molecule has 0 aliphatic carbocycles. The first-order valence-corrected chi connectivity index (χ1v) is 8.31. The number of nitrogens with zero attached hydrogens (tertiary/aromatic N) is 1. The minimum Gasteiger partial charge on any atom is -0.497 e. The summed E-state index contributed by atoms with van der Waals surface area (Å²) in [5, 5.41) is 1.13. The Morgan fingerprint density at radius 1 is 1.40 bits per heavy atom. The lowest BCUT2D eigenvalue weighted by Gasteiger charge is -2.25. The number of hydrogen-bond donors (Lipinski definition) is 1. The third-order valence-corrected chi connectivity index (χ3v) is 5.73. The molecular formula is C14H18N2O3S. The zero-order chi connectivity index (χ0) is 14.3. The molecule has 0 fully saturated rings. The molecule has 2 aromatic rings. The van der Waals surface area contributed by atoms with Crippen LogP contribution >= 0.6 is 0 Å². The lowest BCUT2D eigenvalue weighted by atomic mass is 10.0. The molecule has 0 saturated heterocycles. The number of rotatable bonds is 3. The molecule has 1 aliphatic rings. The van der Waals surface area contributed by atoms with Gasteiger partial charge >= 0.3 is 0 Å². The number of H-pyrrole nitrogens is 1. The molecule has 1 aromatic carbocycles. The van der Waals surface area contributed by atoms with E-state index in [9.17, 15) is 8.42 Å². The van der Waals surface area contributed by atoms with Gasteiger partial charge < -0.3 is 9.72 Å². The van der Waals surface area contributed by atoms with Crippen molar-refractivity contribution in [2.45, 2.75) is 19.9 Å². The Morgan fingerprint density at radius 2 is 2.20 bits per heavy atom. The fourth-order valence-electron chi connectivity index (χ4n) is 2.74. The second-order valence-electron chi connectivity index (χ2n) is 4.98. The van der Waals surface area contributed by atoms with Crippen LogP contribution < -0.4 is 4.74 Å². The Labute approximate surface area is 118 Å². The quantitative estimate of drug-likeness (QED) is 0.940. The van der Waals surface area contributed by atoms with E-state index >= 15 is 0 Å². The SMILES string of the molecule is CCS(=O)(=O)N1CCc2c([nH]c3ccc(OC)cc23)C1. The van der Waals surface area contributed by atoms with Gasteiger partial charge in [0.15, 0.2) is 0 Å². The first-order valence-electron chi connectivity index (χ1n) is 6.70. The van der Waals surface area contributed by atoms with E-state index < -0.39 is 10.0 Å². The van der Waals surface area contributed by atoms with Crippen LogP contribution in [0.2, 0.25) is 0 Å². The maximum atomic E-state index is 12.0. The Kier molecular flexibility index (Phi) is 3.22. The maximum absolute atomic E-state index is 12.0. The molecule has 0 spiro atoms. The summed E-state index contributed by atoms with van der Waals surface area (Å²) in [4.78, 5) is 3.33. The summed E-state index contributed by atoms with van der Waals surface area (Å²) in [5.41, 5.74) is 3.24. The third-order valence-electron chi connectivity index (χ3n) is 3.91. The molecule has 0 saturated carbocycles. The van der Waals surface area contributed by atoms with Crippen molar-refractivity contribution in [1.29, 1.82) is 0 Å². The largest absolute Gasteiger partial charge is 0.497 e. The molecular weight excluding hydrogens is 276 g/mol. The number of ether oxygens (including phenoxy) is 1. The van der Waals surface area contributed by atoms with Crippen molar-refractivity contribution in [2.75, 3.05) is 19.4 Å². The van der Waals surface area contributed by atoms with Gasteiger partial charge in [0.05, 0.1) is 19.4 Å². The van der Waals surface area contributed by atoms with E-state index in [1.54, 1.807) is 18.3 Å². The minimum absolute atomic E-state index is 0.149. The second-order valence-corrected chi connectivity index (χ2v) is 7.24. The normalized spacial score (nSPS) is 16.3. The van der Waals surface area contributed by atoms with Crippen LogP contribution in [0.5, 0.6) is 5.75 Å². The van der Waals surface area contributed by atoms with E-state index in [1.807, 2.05) is 18.2 Å². The first kappa shape index (κ1) is 13.5. The molecule has 1 aromatic heterocycles. The average molecular weight is 294 g/mol. The fraction of sp³-hybridized carbons (Fsp3) is 0.429. The lowest BCUT2D eigenvalue weighted by molar-refractivity contribution is 0.389. The first-order chi connectivity index (χ1) is 9.55. The van der Waals surface area contributed by atoms with Gasteiger partial charge in [0.2, 0.25) is 10.0 Å². The van der Waals surface area contributed by atoms with Crippen molar-refractivity contribution in [1.82, 2.24) is 9.29 Å². The zero-order valence-electron chi connectivity index (χ0n) is 11.6. The van der Waals surface area contributed by atoms with E-state index in [-0.39, 0.29) is 5.75 Å². The van der Waals surface area contributed by atoms with Crippen molar-refractivity contribution >= 4 is 20.9 Å². The Hall–Kier alpha value is -1.53. The monoisotopic (exact) mass is 294 g/mol. The van der Waals surface area contributed by atoms with E-state index in [0.29, 0.717) is 13.1 Å². The van der Waals surface area contributed by atoms with Crippen molar-refractivity contribution in [3.05, 3.63) is 29.5 Å². The topological polar surface area (TPSA) is 62.4 Å². The number of benzene rings is 1. The molecule has 1 N–H and O–H groups in total. The smallest absolute Gasteiger partial charge is 0.214 e. The van der Waals surface area contributed by atoms with Crippen LogP contribution in [-0.4, -0.2) is 37.1 Å². The number of sulfonamides is 1. The van der Waals surface area contributed by atoms with Gasteiger partial charge in [-0.1, -0.05) is 0 Å². The van der Waals surface area contributed by atoms with Gasteiger partial charge in [-0.15, -0.1) is 0 Å². The van der Waals surface area contributed by atoms with Gasteiger partial charge in [-0.3, -0.25) is 0 Å². The summed E-state index contributed by atoms with van der Waals surface area (Å²) in [6, 6.07) is 5.89. The van der Waals surface area contributed by atoms with Gasteiger partial charge in [0.1, 0.15) is 5.75 Å². The molecule has 0 unspecified atom stereocenters. The molecule has 0 bridgehead atoms. The molecule has 6 heteroatoms. The highest BCUT2D eigenvalue weighted by Crippen LogP contribution is 2.31. The van der Waals surface area contributed by atoms with Crippen LogP contribution in [0.4, 0.5) is 0 Å². The number of fused-ring (bicyclic) bond motifs is 3. The van der Waals surface area contributed by atoms with Gasteiger partial charge in [0.25, 0.3) is 0 Å². The second kappa shape index (κ2) is 4.79. The molecule has 0 amide bonds. The Balaban J connectivity index is 2.03. The van der Waals surface area contributed by atoms with E-state index in [2.05, 4.69) is 4.98 Å². The summed E-state index contributed by atoms with van der Waals surface area (Å²) in [6.45, 7) is 2.66. The van der Waals surface area contributed by atoms with Crippen LogP contribution in [0.1, 0.15) is 18.2 Å². The summed E-state index contributed by atoms with van der Waals surface area (Å²) < 4.78 is 30.8. The van der Waals surface area contributed by atoms with Crippen LogP contribution in [0.15, 0.2) is 18.2 Å². The molecule has 0 atom stereocenters. The molecule has 20 heavy (non-hydrogen) atoms. The Morgan fingerprint density at radius 3 is 2.90 bits per heavy atom. The minimum atomic E-state index is -3.13. The molecule has 1 aliphatic heterocycles. The van der Waals surface area contributed by atoms with Gasteiger partial charge in [-0.05, 0) is 37.1 Å². The van der Waals surface area contributed by atoms with Crippen molar-refractivity contribution < 1.29 is 13.2 Å². The molecule has 0 radical (unpaired) electrons. The molecule has 2 heterocycles. The van der Waals surface area contributed by atoms with Gasteiger partial charge in [0, 0.05) is 23.1 Å². The standard InChI is InChI=1S/C14H18N2O3S/c1-3-20(17,18)16-7-6-11-12-8-10(19-2)4-5-13(12)15-14(11)9-16/h4-5,8,15H,3,6-7,9H2,1-2H3. The number of methoxy groups -OCH3 is 1. The van der Waals surface area contributed by atoms with Crippen molar-refractivity contribution in [3.8, 4) is 5.75 Å².